The highest BCUT2D eigenvalue weighted by Gasteiger charge is 2.22. The van der Waals surface area contributed by atoms with Gasteiger partial charge in [-0.1, -0.05) is 28.1 Å². The molecule has 0 saturated carbocycles. The van der Waals surface area contributed by atoms with E-state index in [-0.39, 0.29) is 12.5 Å². The zero-order chi connectivity index (χ0) is 13.6. The molecule has 0 aliphatic heterocycles. The van der Waals surface area contributed by atoms with E-state index in [0.717, 1.165) is 10.0 Å². The molecule has 3 N–H and O–H groups in total. The zero-order valence-corrected chi connectivity index (χ0v) is 12.3. The van der Waals surface area contributed by atoms with Crippen molar-refractivity contribution >= 4 is 21.8 Å². The quantitative estimate of drug-likeness (QED) is 0.787. The average molecular weight is 315 g/mol. The molecule has 0 bridgehead atoms. The highest BCUT2D eigenvalue weighted by molar-refractivity contribution is 9.10. The van der Waals surface area contributed by atoms with Crippen LogP contribution in [0.4, 0.5) is 0 Å². The van der Waals surface area contributed by atoms with E-state index in [1.807, 2.05) is 38.1 Å². The van der Waals surface area contributed by atoms with Gasteiger partial charge in [0.05, 0.1) is 12.1 Å². The minimum Gasteiger partial charge on any atom is -0.370 e. The predicted molar refractivity (Wildman–Crippen MR) is 75.2 cm³/mol. The molecule has 0 fully saturated rings. The summed E-state index contributed by atoms with van der Waals surface area (Å²) in [5.41, 5.74) is 5.90. The summed E-state index contributed by atoms with van der Waals surface area (Å²) < 4.78 is 6.11. The molecule has 1 aromatic carbocycles. The number of nitrogens with two attached hydrogens (primary N) is 1. The van der Waals surface area contributed by atoms with Crippen LogP contribution in [0.1, 0.15) is 19.4 Å². The third kappa shape index (κ3) is 4.76. The van der Waals surface area contributed by atoms with Crippen molar-refractivity contribution in [3.05, 3.63) is 34.3 Å². The van der Waals surface area contributed by atoms with Gasteiger partial charge in [-0.2, -0.15) is 0 Å². The molecule has 0 radical (unpaired) electrons. The standard InChI is InChI=1S/C13H19BrN2O2/c1-13(2,10-3-5-11(14)6-4-10)16-12(17)9-18-8-7-15/h3-6H,7-9,15H2,1-2H3,(H,16,17). The Balaban J connectivity index is 2.58. The number of halogens is 1. The fraction of sp³-hybridized carbons (Fsp3) is 0.462. The van der Waals surface area contributed by atoms with Gasteiger partial charge in [0.2, 0.25) is 5.91 Å². The topological polar surface area (TPSA) is 64.3 Å². The Morgan fingerprint density at radius 1 is 1.39 bits per heavy atom. The molecule has 0 aromatic heterocycles. The lowest BCUT2D eigenvalue weighted by molar-refractivity contribution is -0.127. The lowest BCUT2D eigenvalue weighted by atomic mass is 9.94. The van der Waals surface area contributed by atoms with E-state index in [1.54, 1.807) is 0 Å². The normalized spacial score (nSPS) is 11.3. The second-order valence-electron chi connectivity index (χ2n) is 4.52. The van der Waals surface area contributed by atoms with Crippen LogP contribution in [0, 0.1) is 0 Å². The van der Waals surface area contributed by atoms with E-state index >= 15 is 0 Å². The number of nitrogens with one attached hydrogen (secondary N) is 1. The zero-order valence-electron chi connectivity index (χ0n) is 10.7. The summed E-state index contributed by atoms with van der Waals surface area (Å²) >= 11 is 3.39. The Kier molecular flexibility index (Phi) is 5.78. The van der Waals surface area contributed by atoms with Crippen LogP contribution in [0.15, 0.2) is 28.7 Å². The van der Waals surface area contributed by atoms with Gasteiger partial charge in [-0.25, -0.2) is 0 Å². The maximum atomic E-state index is 11.7. The van der Waals surface area contributed by atoms with Crippen molar-refractivity contribution in [2.24, 2.45) is 5.73 Å². The van der Waals surface area contributed by atoms with Crippen LogP contribution in [-0.4, -0.2) is 25.7 Å². The third-order valence-electron chi connectivity index (χ3n) is 2.51. The van der Waals surface area contributed by atoms with Crippen LogP contribution in [0.2, 0.25) is 0 Å². The molecule has 1 amide bonds. The molecule has 100 valence electrons. The number of carbonyl (C=O) groups is 1. The minimum atomic E-state index is -0.427. The lowest BCUT2D eigenvalue weighted by Gasteiger charge is -2.27. The number of hydrogen-bond acceptors (Lipinski definition) is 3. The smallest absolute Gasteiger partial charge is 0.246 e. The average Bonchev–Trinajstić information content (AvgIpc) is 2.29. The second kappa shape index (κ2) is 6.87. The molecule has 0 aliphatic rings. The summed E-state index contributed by atoms with van der Waals surface area (Å²) in [4.78, 5) is 11.7. The summed E-state index contributed by atoms with van der Waals surface area (Å²) in [5, 5.41) is 2.93. The first-order chi connectivity index (χ1) is 8.45. The summed E-state index contributed by atoms with van der Waals surface area (Å²) in [6.45, 7) is 4.76. The lowest BCUT2D eigenvalue weighted by Crippen LogP contribution is -2.42. The van der Waals surface area contributed by atoms with E-state index in [4.69, 9.17) is 10.5 Å². The number of amides is 1. The largest absolute Gasteiger partial charge is 0.370 e. The van der Waals surface area contributed by atoms with Gasteiger partial charge in [-0.3, -0.25) is 4.79 Å². The van der Waals surface area contributed by atoms with E-state index in [1.165, 1.54) is 0 Å². The highest BCUT2D eigenvalue weighted by Crippen LogP contribution is 2.21. The molecule has 0 spiro atoms. The maximum Gasteiger partial charge on any atom is 0.246 e. The van der Waals surface area contributed by atoms with Crippen LogP contribution >= 0.6 is 15.9 Å². The fourth-order valence-electron chi connectivity index (χ4n) is 1.57. The number of hydrogen-bond donors (Lipinski definition) is 2. The van der Waals surface area contributed by atoms with Crippen LogP contribution < -0.4 is 11.1 Å². The van der Waals surface area contributed by atoms with Gasteiger partial charge in [-0.15, -0.1) is 0 Å². The number of ether oxygens (including phenoxy) is 1. The molecule has 0 atom stereocenters. The van der Waals surface area contributed by atoms with Crippen LogP contribution in [0.5, 0.6) is 0 Å². The van der Waals surface area contributed by atoms with Crippen molar-refractivity contribution in [2.45, 2.75) is 19.4 Å². The molecular formula is C13H19BrN2O2. The summed E-state index contributed by atoms with van der Waals surface area (Å²) in [6.07, 6.45) is 0. The Bertz CT molecular complexity index is 390. The second-order valence-corrected chi connectivity index (χ2v) is 5.44. The summed E-state index contributed by atoms with van der Waals surface area (Å²) in [7, 11) is 0. The van der Waals surface area contributed by atoms with Gasteiger partial charge in [-0.05, 0) is 31.5 Å². The third-order valence-corrected chi connectivity index (χ3v) is 3.04. The van der Waals surface area contributed by atoms with E-state index in [2.05, 4.69) is 21.2 Å². The van der Waals surface area contributed by atoms with Crippen LogP contribution in [0.3, 0.4) is 0 Å². The molecule has 18 heavy (non-hydrogen) atoms. The molecule has 1 rings (SSSR count). The summed E-state index contributed by atoms with van der Waals surface area (Å²) in [5.74, 6) is -0.142. The van der Waals surface area contributed by atoms with Crippen molar-refractivity contribution in [1.29, 1.82) is 0 Å². The van der Waals surface area contributed by atoms with Gasteiger partial charge in [0.25, 0.3) is 0 Å². The van der Waals surface area contributed by atoms with Crippen molar-refractivity contribution in [3.8, 4) is 0 Å². The van der Waals surface area contributed by atoms with Crippen molar-refractivity contribution in [2.75, 3.05) is 19.8 Å². The summed E-state index contributed by atoms with van der Waals surface area (Å²) in [6, 6.07) is 7.86. The van der Waals surface area contributed by atoms with Gasteiger partial charge in [0, 0.05) is 11.0 Å². The van der Waals surface area contributed by atoms with E-state index in [9.17, 15) is 4.79 Å². The Morgan fingerprint density at radius 2 is 2.00 bits per heavy atom. The molecule has 0 saturated heterocycles. The van der Waals surface area contributed by atoms with Crippen molar-refractivity contribution < 1.29 is 9.53 Å². The Hall–Kier alpha value is -0.910. The SMILES string of the molecule is CC(C)(NC(=O)COCCN)c1ccc(Br)cc1. The first-order valence-corrected chi connectivity index (χ1v) is 6.60. The maximum absolute atomic E-state index is 11.7. The predicted octanol–water partition coefficient (Wildman–Crippen LogP) is 1.78. The van der Waals surface area contributed by atoms with Crippen LogP contribution in [0.25, 0.3) is 0 Å². The van der Waals surface area contributed by atoms with Crippen molar-refractivity contribution in [1.82, 2.24) is 5.32 Å². The first kappa shape index (κ1) is 15.1. The van der Waals surface area contributed by atoms with E-state index in [0.29, 0.717) is 13.2 Å². The molecule has 0 aliphatic carbocycles. The Labute approximate surface area is 116 Å². The molecular weight excluding hydrogens is 296 g/mol. The van der Waals surface area contributed by atoms with Gasteiger partial charge in [0.1, 0.15) is 6.61 Å². The fourth-order valence-corrected chi connectivity index (χ4v) is 1.84. The monoisotopic (exact) mass is 314 g/mol. The molecule has 1 aromatic rings. The van der Waals surface area contributed by atoms with Gasteiger partial charge >= 0.3 is 0 Å². The molecule has 0 heterocycles. The van der Waals surface area contributed by atoms with Gasteiger partial charge < -0.3 is 15.8 Å². The molecule has 5 heteroatoms. The van der Waals surface area contributed by atoms with Crippen LogP contribution in [-0.2, 0) is 15.1 Å². The highest BCUT2D eigenvalue weighted by atomic mass is 79.9. The van der Waals surface area contributed by atoms with Crippen molar-refractivity contribution in [3.63, 3.8) is 0 Å². The number of benzene rings is 1. The molecule has 0 unspecified atom stereocenters. The van der Waals surface area contributed by atoms with E-state index < -0.39 is 5.54 Å². The number of carbonyl (C=O) groups excluding carboxylic acids is 1. The first-order valence-electron chi connectivity index (χ1n) is 5.80. The van der Waals surface area contributed by atoms with Gasteiger partial charge in [0.15, 0.2) is 0 Å². The molecule has 4 nitrogen and oxygen atoms in total. The Morgan fingerprint density at radius 3 is 2.56 bits per heavy atom. The minimum absolute atomic E-state index is 0.0388. The number of rotatable bonds is 6.